The van der Waals surface area contributed by atoms with Gasteiger partial charge in [-0.15, -0.1) is 23.2 Å². The summed E-state index contributed by atoms with van der Waals surface area (Å²) >= 11 is 14.6. The van der Waals surface area contributed by atoms with E-state index in [1.54, 1.807) is 60.7 Å². The van der Waals surface area contributed by atoms with Crippen LogP contribution >= 0.6 is 23.2 Å². The third kappa shape index (κ3) is 4.93. The zero-order chi connectivity index (χ0) is 36.5. The van der Waals surface area contributed by atoms with Crippen LogP contribution in [0.2, 0.25) is 0 Å². The van der Waals surface area contributed by atoms with E-state index in [4.69, 9.17) is 27.9 Å². The summed E-state index contributed by atoms with van der Waals surface area (Å²) in [5, 5.41) is 11.5. The molecule has 2 aliphatic carbocycles. The summed E-state index contributed by atoms with van der Waals surface area (Å²) in [6, 6.07) is 29.3. The van der Waals surface area contributed by atoms with E-state index >= 15 is 0 Å². The van der Waals surface area contributed by atoms with Gasteiger partial charge in [-0.3, -0.25) is 33.8 Å². The summed E-state index contributed by atoms with van der Waals surface area (Å²) in [6.45, 7) is 0.250. The maximum Gasteiger partial charge on any atom is 0.253 e. The second-order valence-corrected chi connectivity index (χ2v) is 15.0. The monoisotopic (exact) mass is 734 g/mol. The molecular formula is C41H32Cl2N2O7. The Hall–Kier alpha value is -5.25. The fraction of sp³-hybridized carbons (Fsp3) is 0.244. The van der Waals surface area contributed by atoms with Crippen LogP contribution < -0.4 is 9.64 Å². The predicted octanol–water partition coefficient (Wildman–Crippen LogP) is 6.40. The number of hydrogen-bond donors (Lipinski definition) is 1. The van der Waals surface area contributed by atoms with E-state index in [0.29, 0.717) is 28.1 Å². The van der Waals surface area contributed by atoms with Crippen LogP contribution in [0.25, 0.3) is 0 Å². The Bertz CT molecular complexity index is 2190. The van der Waals surface area contributed by atoms with E-state index in [1.807, 2.05) is 42.5 Å². The number of ether oxygens (including phenoxy) is 1. The van der Waals surface area contributed by atoms with Crippen molar-refractivity contribution < 1.29 is 33.8 Å². The van der Waals surface area contributed by atoms with Crippen molar-refractivity contribution in [3.63, 3.8) is 0 Å². The van der Waals surface area contributed by atoms with Crippen molar-refractivity contribution in [2.45, 2.75) is 35.1 Å². The summed E-state index contributed by atoms with van der Waals surface area (Å²) in [5.41, 5.74) is 2.95. The molecule has 0 bridgehead atoms. The number of anilines is 1. The molecule has 0 radical (unpaired) electrons. The highest BCUT2D eigenvalue weighted by atomic mass is 35.5. The molecule has 3 fully saturated rings. The lowest BCUT2D eigenvalue weighted by atomic mass is 9.56. The third-order valence-corrected chi connectivity index (χ3v) is 12.4. The molecular weight excluding hydrogens is 703 g/mol. The molecule has 9 nitrogen and oxygen atoms in total. The number of alkyl halides is 2. The number of fused-ring (bicyclic) bond motifs is 4. The second kappa shape index (κ2) is 12.5. The quantitative estimate of drug-likeness (QED) is 0.101. The molecule has 0 aromatic heterocycles. The minimum atomic E-state index is -2.04. The summed E-state index contributed by atoms with van der Waals surface area (Å²) < 4.78 is 5.92. The molecule has 1 saturated carbocycles. The first kappa shape index (κ1) is 33.9. The van der Waals surface area contributed by atoms with Gasteiger partial charge in [-0.25, -0.2) is 0 Å². The molecule has 0 unspecified atom stereocenters. The number of halogens is 2. The number of aromatic hydroxyl groups is 1. The molecule has 2 aliphatic heterocycles. The second-order valence-electron chi connectivity index (χ2n) is 13.7. The van der Waals surface area contributed by atoms with Crippen molar-refractivity contribution in [3.8, 4) is 11.5 Å². The number of nitrogens with zero attached hydrogens (tertiary/aromatic N) is 2. The van der Waals surface area contributed by atoms with E-state index in [0.717, 1.165) is 15.4 Å². The number of hydrogen-bond acceptors (Lipinski definition) is 7. The van der Waals surface area contributed by atoms with Crippen molar-refractivity contribution >= 4 is 58.3 Å². The van der Waals surface area contributed by atoms with Crippen LogP contribution in [0.15, 0.2) is 115 Å². The van der Waals surface area contributed by atoms with E-state index in [2.05, 4.69) is 0 Å². The van der Waals surface area contributed by atoms with Crippen molar-refractivity contribution in [1.29, 1.82) is 0 Å². The molecule has 11 heteroatoms. The number of imide groups is 2. The largest absolute Gasteiger partial charge is 0.508 e. The topological polar surface area (TPSA) is 121 Å². The predicted molar refractivity (Wildman–Crippen MR) is 193 cm³/mol. The molecule has 2 heterocycles. The van der Waals surface area contributed by atoms with Gasteiger partial charge in [0, 0.05) is 35.7 Å². The maximum absolute atomic E-state index is 14.4. The number of allylic oxidation sites excluding steroid dienone is 2. The van der Waals surface area contributed by atoms with Gasteiger partial charge >= 0.3 is 0 Å². The smallest absolute Gasteiger partial charge is 0.253 e. The van der Waals surface area contributed by atoms with Gasteiger partial charge in [-0.05, 0) is 54.7 Å². The number of phenols is 1. The minimum Gasteiger partial charge on any atom is -0.508 e. The average molecular weight is 736 g/mol. The number of likely N-dealkylation sites (tertiary alicyclic amines) is 1. The molecule has 1 N–H and O–H groups in total. The van der Waals surface area contributed by atoms with Crippen LogP contribution in [0, 0.1) is 17.8 Å². The van der Waals surface area contributed by atoms with Crippen molar-refractivity contribution in [3.05, 3.63) is 137 Å². The first-order valence-corrected chi connectivity index (χ1v) is 17.7. The number of amides is 4. The summed E-state index contributed by atoms with van der Waals surface area (Å²) in [5.74, 6) is -5.93. The van der Waals surface area contributed by atoms with E-state index in [9.17, 15) is 29.1 Å². The lowest BCUT2D eigenvalue weighted by molar-refractivity contribution is -0.138. The Morgan fingerprint density at radius 3 is 2.15 bits per heavy atom. The molecule has 262 valence electrons. The normalized spacial score (nSPS) is 27.9. The van der Waals surface area contributed by atoms with Gasteiger partial charge in [0.2, 0.25) is 11.8 Å². The molecule has 0 spiro atoms. The number of benzene rings is 4. The minimum absolute atomic E-state index is 0.165. The van der Waals surface area contributed by atoms with Gasteiger partial charge in [-0.2, -0.15) is 0 Å². The van der Waals surface area contributed by atoms with Gasteiger partial charge in [0.05, 0.1) is 17.5 Å². The number of ketones is 1. The number of phenolic OH excluding ortho intramolecular Hbond substituents is 1. The molecule has 4 amide bonds. The summed E-state index contributed by atoms with van der Waals surface area (Å²) in [7, 11) is 1.31. The van der Waals surface area contributed by atoms with Gasteiger partial charge < -0.3 is 9.84 Å². The van der Waals surface area contributed by atoms with E-state index in [1.165, 1.54) is 13.1 Å². The number of rotatable bonds is 7. The van der Waals surface area contributed by atoms with Crippen LogP contribution in [0.5, 0.6) is 11.5 Å². The van der Waals surface area contributed by atoms with Gasteiger partial charge in [-0.1, -0.05) is 78.4 Å². The Morgan fingerprint density at radius 2 is 1.48 bits per heavy atom. The Labute approximate surface area is 309 Å². The standard InChI is InChI=1S/C41H32Cl2N2O7/c1-44-38(50)40(42)21-31-28(34(41(40,43)39(44)51)29-17-16-27(20-32(29)46)52-22-23-8-4-2-5-9-23)18-19-30-33(31)37(49)45(36(30)48)26-14-12-25(13-15-26)35(47)24-10-6-3-7-11-24/h2-18,20,30-31,33-34,46H,19,21-22H2,1H3/t30-,31+,33-,34+,40+,41-/m0/s1. The fourth-order valence-corrected chi connectivity index (χ4v) is 9.47. The average Bonchev–Trinajstić information content (AvgIpc) is 3.49. The fourth-order valence-electron chi connectivity index (χ4n) is 8.46. The maximum atomic E-state index is 14.4. The summed E-state index contributed by atoms with van der Waals surface area (Å²) in [6.07, 6.45) is 1.80. The lowest BCUT2D eigenvalue weighted by Gasteiger charge is -2.50. The van der Waals surface area contributed by atoms with Crippen LogP contribution in [0.1, 0.15) is 45.8 Å². The van der Waals surface area contributed by atoms with Crippen LogP contribution in [0.4, 0.5) is 5.69 Å². The van der Waals surface area contributed by atoms with Crippen molar-refractivity contribution in [1.82, 2.24) is 4.90 Å². The Kier molecular flexibility index (Phi) is 8.12. The van der Waals surface area contributed by atoms with Gasteiger partial charge in [0.25, 0.3) is 11.8 Å². The van der Waals surface area contributed by atoms with Crippen LogP contribution in [-0.2, 0) is 25.8 Å². The molecule has 4 aromatic rings. The van der Waals surface area contributed by atoms with Crippen LogP contribution in [-0.4, -0.2) is 56.2 Å². The lowest BCUT2D eigenvalue weighted by Crippen LogP contribution is -2.60. The molecule has 2 saturated heterocycles. The van der Waals surface area contributed by atoms with Crippen LogP contribution in [0.3, 0.4) is 0 Å². The number of carbonyl (C=O) groups excluding carboxylic acids is 5. The highest BCUT2D eigenvalue weighted by Gasteiger charge is 2.76. The van der Waals surface area contributed by atoms with Crippen molar-refractivity contribution in [2.24, 2.45) is 17.8 Å². The molecule has 4 aromatic carbocycles. The Balaban J connectivity index is 1.14. The molecule has 8 rings (SSSR count). The zero-order valence-corrected chi connectivity index (χ0v) is 29.4. The molecule has 52 heavy (non-hydrogen) atoms. The molecule has 6 atom stereocenters. The highest BCUT2D eigenvalue weighted by Crippen LogP contribution is 2.66. The zero-order valence-electron chi connectivity index (χ0n) is 27.9. The van der Waals surface area contributed by atoms with E-state index in [-0.39, 0.29) is 36.5 Å². The first-order valence-electron chi connectivity index (χ1n) is 16.9. The number of carbonyl (C=O) groups is 5. The molecule has 4 aliphatic rings. The van der Waals surface area contributed by atoms with Crippen molar-refractivity contribution in [2.75, 3.05) is 11.9 Å². The Morgan fingerprint density at radius 1 is 0.827 bits per heavy atom. The first-order chi connectivity index (χ1) is 25.0. The summed E-state index contributed by atoms with van der Waals surface area (Å²) in [4.78, 5) is 67.1. The highest BCUT2D eigenvalue weighted by molar-refractivity contribution is 6.53. The van der Waals surface area contributed by atoms with E-state index < -0.39 is 57.0 Å². The van der Waals surface area contributed by atoms with Gasteiger partial charge in [0.1, 0.15) is 18.1 Å². The SMILES string of the molecule is CN1C(=O)[C@]2(Cl)C[C@@H]3C(=CC[C@@H]4C(=O)N(c5ccc(C(=O)c6ccccc6)cc5)C(=O)[C@@H]43)[C@H](c3ccc(OCc4ccccc4)cc3O)[C@]2(Cl)C1=O. The third-order valence-electron chi connectivity index (χ3n) is 11.0. The van der Waals surface area contributed by atoms with Gasteiger partial charge in [0.15, 0.2) is 15.5 Å².